The lowest BCUT2D eigenvalue weighted by molar-refractivity contribution is -0.141. The van der Waals surface area contributed by atoms with Gasteiger partial charge in [-0.15, -0.1) is 0 Å². The van der Waals surface area contributed by atoms with Gasteiger partial charge in [-0.2, -0.15) is 13.2 Å². The molecule has 0 bridgehead atoms. The molecule has 13 heteroatoms. The number of hydrogen-bond donors (Lipinski definition) is 3. The predicted octanol–water partition coefficient (Wildman–Crippen LogP) is 2.39. The average Bonchev–Trinajstić information content (AvgIpc) is 3.82. The van der Waals surface area contributed by atoms with E-state index in [2.05, 4.69) is 10.3 Å². The fourth-order valence-corrected chi connectivity index (χ4v) is 5.25. The minimum Gasteiger partial charge on any atom is -0.423 e. The summed E-state index contributed by atoms with van der Waals surface area (Å²) in [4.78, 5) is 23.6. The lowest BCUT2D eigenvalue weighted by Crippen LogP contribution is -2.49. The summed E-state index contributed by atoms with van der Waals surface area (Å²) in [6.45, 7) is 0.695. The number of ether oxygens (including phenoxy) is 1. The Bertz CT molecular complexity index is 1340. The smallest absolute Gasteiger partial charge is 0.423 e. The summed E-state index contributed by atoms with van der Waals surface area (Å²) in [7, 11) is -1.85. The second-order valence-corrected chi connectivity index (χ2v) is 10.7. The van der Waals surface area contributed by atoms with Crippen molar-refractivity contribution < 1.29 is 37.1 Å². The molecule has 39 heavy (non-hydrogen) atoms. The first-order valence-corrected chi connectivity index (χ1v) is 13.1. The SMILES string of the molecule is O=C1NC(c2ccc(C(F)(F)F)nc2C2CC2)=NC12CCN(c1cc(B(O)O)cc(F)c1COC1CC1)CC2. The maximum Gasteiger partial charge on any atom is 0.488 e. The van der Waals surface area contributed by atoms with E-state index in [9.17, 15) is 28.0 Å². The largest absolute Gasteiger partial charge is 0.488 e. The number of rotatable bonds is 7. The van der Waals surface area contributed by atoms with Gasteiger partial charge in [-0.3, -0.25) is 9.79 Å². The highest BCUT2D eigenvalue weighted by atomic mass is 19.4. The van der Waals surface area contributed by atoms with E-state index in [-0.39, 0.29) is 48.7 Å². The number of hydrogen-bond acceptors (Lipinski definition) is 7. The van der Waals surface area contributed by atoms with Gasteiger partial charge in [0.2, 0.25) is 0 Å². The second kappa shape index (κ2) is 9.56. The molecule has 0 atom stereocenters. The Morgan fingerprint density at radius 3 is 2.46 bits per heavy atom. The van der Waals surface area contributed by atoms with Gasteiger partial charge in [0.1, 0.15) is 22.9 Å². The summed E-state index contributed by atoms with van der Waals surface area (Å²) in [5.41, 5.74) is -0.569. The molecular weight excluding hydrogens is 519 g/mol. The highest BCUT2D eigenvalue weighted by Crippen LogP contribution is 2.43. The second-order valence-electron chi connectivity index (χ2n) is 10.7. The number of carbonyl (C=O) groups excluding carboxylic acids is 1. The molecule has 6 rings (SSSR count). The lowest BCUT2D eigenvalue weighted by atomic mass is 9.79. The summed E-state index contributed by atoms with van der Waals surface area (Å²) in [6.07, 6.45) is -0.604. The van der Waals surface area contributed by atoms with E-state index in [1.807, 2.05) is 4.90 Å². The predicted molar refractivity (Wildman–Crippen MR) is 134 cm³/mol. The third-order valence-corrected chi connectivity index (χ3v) is 7.83. The molecule has 0 radical (unpaired) electrons. The number of carbonyl (C=O) groups is 1. The van der Waals surface area contributed by atoms with Crippen LogP contribution in [0, 0.1) is 5.82 Å². The molecule has 1 amide bonds. The van der Waals surface area contributed by atoms with Crippen LogP contribution in [0.5, 0.6) is 0 Å². The number of aliphatic imine (C=N–C) groups is 1. The van der Waals surface area contributed by atoms with Crippen LogP contribution >= 0.6 is 0 Å². The third kappa shape index (κ3) is 5.14. The normalized spacial score (nSPS) is 20.8. The summed E-state index contributed by atoms with van der Waals surface area (Å²) in [5.74, 6) is -0.799. The Labute approximate surface area is 222 Å². The fourth-order valence-electron chi connectivity index (χ4n) is 5.25. The molecule has 2 aliphatic carbocycles. The molecule has 3 N–H and O–H groups in total. The van der Waals surface area contributed by atoms with Crippen molar-refractivity contribution in [2.45, 2.75) is 68.9 Å². The van der Waals surface area contributed by atoms with Gasteiger partial charge in [0.15, 0.2) is 0 Å². The van der Waals surface area contributed by atoms with Crippen LogP contribution in [0.15, 0.2) is 29.3 Å². The van der Waals surface area contributed by atoms with Crippen LogP contribution in [-0.4, -0.2) is 58.6 Å². The zero-order valence-electron chi connectivity index (χ0n) is 21.0. The Morgan fingerprint density at radius 2 is 1.85 bits per heavy atom. The Kier molecular flexibility index (Phi) is 6.43. The van der Waals surface area contributed by atoms with Crippen LogP contribution < -0.4 is 15.7 Å². The molecule has 1 aromatic carbocycles. The van der Waals surface area contributed by atoms with E-state index >= 15 is 4.39 Å². The minimum atomic E-state index is -4.57. The van der Waals surface area contributed by atoms with E-state index in [0.29, 0.717) is 35.6 Å². The number of pyridine rings is 1. The summed E-state index contributed by atoms with van der Waals surface area (Å²) in [6, 6.07) is 4.85. The van der Waals surface area contributed by atoms with Crippen LogP contribution in [0.25, 0.3) is 0 Å². The quantitative estimate of drug-likeness (QED) is 0.364. The number of anilines is 1. The van der Waals surface area contributed by atoms with Crippen LogP contribution in [-0.2, 0) is 22.3 Å². The molecule has 1 saturated heterocycles. The van der Waals surface area contributed by atoms with Crippen molar-refractivity contribution in [3.8, 4) is 0 Å². The average molecular weight is 546 g/mol. The number of amides is 1. The highest BCUT2D eigenvalue weighted by Gasteiger charge is 2.47. The molecule has 4 aliphatic rings. The van der Waals surface area contributed by atoms with Crippen molar-refractivity contribution in [3.05, 3.63) is 52.6 Å². The Balaban J connectivity index is 1.26. The molecule has 2 aromatic rings. The number of nitrogens with zero attached hydrogens (tertiary/aromatic N) is 3. The van der Waals surface area contributed by atoms with Crippen LogP contribution in [0.1, 0.15) is 67.0 Å². The van der Waals surface area contributed by atoms with Gasteiger partial charge in [0.25, 0.3) is 5.91 Å². The van der Waals surface area contributed by atoms with E-state index in [1.165, 1.54) is 12.1 Å². The van der Waals surface area contributed by atoms with Gasteiger partial charge >= 0.3 is 13.3 Å². The van der Waals surface area contributed by atoms with E-state index in [0.717, 1.165) is 37.8 Å². The number of alkyl halides is 3. The first-order valence-electron chi connectivity index (χ1n) is 13.1. The fraction of sp³-hybridized carbons (Fsp3) is 0.500. The van der Waals surface area contributed by atoms with Gasteiger partial charge in [0, 0.05) is 35.8 Å². The minimum absolute atomic E-state index is 0.0132. The van der Waals surface area contributed by atoms with Crippen molar-refractivity contribution in [2.75, 3.05) is 18.0 Å². The van der Waals surface area contributed by atoms with Gasteiger partial charge in [-0.05, 0) is 68.3 Å². The third-order valence-electron chi connectivity index (χ3n) is 7.83. The maximum atomic E-state index is 15.0. The number of aromatic nitrogens is 1. The van der Waals surface area contributed by atoms with Crippen molar-refractivity contribution in [2.24, 2.45) is 4.99 Å². The molecule has 3 heterocycles. The number of piperidine rings is 1. The highest BCUT2D eigenvalue weighted by molar-refractivity contribution is 6.58. The van der Waals surface area contributed by atoms with Crippen molar-refractivity contribution in [1.82, 2.24) is 10.3 Å². The molecule has 8 nitrogen and oxygen atoms in total. The summed E-state index contributed by atoms with van der Waals surface area (Å²) in [5, 5.41) is 22.1. The first-order chi connectivity index (χ1) is 18.5. The zero-order chi connectivity index (χ0) is 27.5. The van der Waals surface area contributed by atoms with Crippen molar-refractivity contribution >= 4 is 30.0 Å². The number of nitrogens with one attached hydrogen (secondary N) is 1. The maximum absolute atomic E-state index is 15.0. The first kappa shape index (κ1) is 26.2. The van der Waals surface area contributed by atoms with Crippen molar-refractivity contribution in [3.63, 3.8) is 0 Å². The van der Waals surface area contributed by atoms with Gasteiger partial charge in [-0.25, -0.2) is 9.37 Å². The molecule has 0 unspecified atom stereocenters. The molecule has 1 spiro atoms. The molecule has 2 aliphatic heterocycles. The number of amidine groups is 1. The van der Waals surface area contributed by atoms with E-state index in [1.54, 1.807) is 0 Å². The molecule has 2 saturated carbocycles. The van der Waals surface area contributed by atoms with Crippen LogP contribution in [0.2, 0.25) is 0 Å². The van der Waals surface area contributed by atoms with Crippen molar-refractivity contribution in [1.29, 1.82) is 0 Å². The Morgan fingerprint density at radius 1 is 1.13 bits per heavy atom. The number of halogens is 4. The molecule has 1 aromatic heterocycles. The van der Waals surface area contributed by atoms with Crippen LogP contribution in [0.4, 0.5) is 23.2 Å². The molecular formula is C26H27BF4N4O4. The monoisotopic (exact) mass is 546 g/mol. The topological polar surface area (TPSA) is 107 Å². The Hall–Kier alpha value is -3.03. The molecule has 206 valence electrons. The zero-order valence-corrected chi connectivity index (χ0v) is 21.0. The van der Waals surface area contributed by atoms with E-state index in [4.69, 9.17) is 9.73 Å². The standard InChI is InChI=1S/C26H27BF4N4O4/c28-19-11-15(27(37)38)12-20(18(19)13-39-16-3-4-16)35-9-7-25(8-10-35)24(36)33-23(34-25)17-5-6-21(26(29,30)31)32-22(17)14-1-2-14/h5-6,11-12,14,16,37-38H,1-4,7-10,13H2,(H,33,34,36). The van der Waals surface area contributed by atoms with Gasteiger partial charge in [-0.1, -0.05) is 0 Å². The van der Waals surface area contributed by atoms with Crippen LogP contribution in [0.3, 0.4) is 0 Å². The van der Waals surface area contributed by atoms with Gasteiger partial charge in [0.05, 0.1) is 18.4 Å². The summed E-state index contributed by atoms with van der Waals surface area (Å²) < 4.78 is 60.6. The van der Waals surface area contributed by atoms with Gasteiger partial charge < -0.3 is 25.0 Å². The lowest BCUT2D eigenvalue weighted by Gasteiger charge is -2.38. The number of benzene rings is 1. The summed E-state index contributed by atoms with van der Waals surface area (Å²) >= 11 is 0. The molecule has 3 fully saturated rings. The van der Waals surface area contributed by atoms with E-state index < -0.39 is 30.3 Å².